The Morgan fingerprint density at radius 1 is 1.12 bits per heavy atom. The summed E-state index contributed by atoms with van der Waals surface area (Å²) in [5.41, 5.74) is 1.16. The Kier molecular flexibility index (Phi) is 6.03. The van der Waals surface area contributed by atoms with E-state index < -0.39 is 0 Å². The zero-order valence-electron chi connectivity index (χ0n) is 10.1. The minimum atomic E-state index is 0.0282. The van der Waals surface area contributed by atoms with Crippen LogP contribution in [0.25, 0.3) is 0 Å². The molecule has 1 aromatic rings. The van der Waals surface area contributed by atoms with Crippen molar-refractivity contribution >= 4 is 15.9 Å². The molecule has 0 N–H and O–H groups in total. The number of methoxy groups -OCH3 is 1. The molecule has 1 aromatic carbocycles. The van der Waals surface area contributed by atoms with E-state index in [4.69, 9.17) is 9.47 Å². The summed E-state index contributed by atoms with van der Waals surface area (Å²) in [5.74, 6) is 0.537. The average molecular weight is 287 g/mol. The fourth-order valence-electron chi connectivity index (χ4n) is 1.38. The fraction of sp³-hybridized carbons (Fsp3) is 0.538. The lowest BCUT2D eigenvalue weighted by molar-refractivity contribution is -0.0143. The Balaban J connectivity index is 2.64. The molecule has 2 nitrogen and oxygen atoms in total. The van der Waals surface area contributed by atoms with Crippen LogP contribution in [-0.2, 0) is 9.47 Å². The fourth-order valence-corrected chi connectivity index (χ4v) is 1.64. The third-order valence-electron chi connectivity index (χ3n) is 2.19. The molecule has 1 rings (SSSR count). The van der Waals surface area contributed by atoms with Crippen LogP contribution in [0, 0.1) is 5.92 Å². The van der Waals surface area contributed by atoms with E-state index in [0.717, 1.165) is 16.6 Å². The second kappa shape index (κ2) is 7.05. The van der Waals surface area contributed by atoms with Crippen LogP contribution < -0.4 is 0 Å². The van der Waals surface area contributed by atoms with Crippen molar-refractivity contribution in [1.29, 1.82) is 0 Å². The summed E-state index contributed by atoms with van der Waals surface area (Å²) in [6.45, 7) is 5.63. The molecule has 90 valence electrons. The van der Waals surface area contributed by atoms with Gasteiger partial charge in [0.25, 0.3) is 0 Å². The van der Waals surface area contributed by atoms with Gasteiger partial charge in [-0.1, -0.05) is 41.9 Å². The van der Waals surface area contributed by atoms with E-state index in [1.165, 1.54) is 0 Å². The lowest BCUT2D eigenvalue weighted by atomic mass is 10.1. The maximum Gasteiger partial charge on any atom is 0.106 e. The average Bonchev–Trinajstić information content (AvgIpc) is 2.25. The third kappa shape index (κ3) is 4.64. The van der Waals surface area contributed by atoms with Crippen molar-refractivity contribution in [2.24, 2.45) is 5.92 Å². The number of halogens is 1. The number of hydrogen-bond donors (Lipinski definition) is 0. The van der Waals surface area contributed by atoms with Gasteiger partial charge in [-0.25, -0.2) is 0 Å². The monoisotopic (exact) mass is 286 g/mol. The molecule has 1 atom stereocenters. The van der Waals surface area contributed by atoms with Gasteiger partial charge in [-0.05, 0) is 23.6 Å². The van der Waals surface area contributed by atoms with E-state index >= 15 is 0 Å². The van der Waals surface area contributed by atoms with Crippen LogP contribution in [0.15, 0.2) is 28.7 Å². The van der Waals surface area contributed by atoms with Gasteiger partial charge in [0.05, 0.1) is 6.61 Å². The molecule has 0 heterocycles. The molecule has 0 aromatic heterocycles. The first-order chi connectivity index (χ1) is 7.63. The van der Waals surface area contributed by atoms with Gasteiger partial charge >= 0.3 is 0 Å². The van der Waals surface area contributed by atoms with E-state index in [0.29, 0.717) is 12.5 Å². The maximum atomic E-state index is 5.83. The summed E-state index contributed by atoms with van der Waals surface area (Å²) < 4.78 is 12.1. The second-order valence-corrected chi connectivity index (χ2v) is 5.14. The quantitative estimate of drug-likeness (QED) is 0.792. The van der Waals surface area contributed by atoms with Gasteiger partial charge in [-0.2, -0.15) is 0 Å². The van der Waals surface area contributed by atoms with Crippen molar-refractivity contribution in [3.05, 3.63) is 34.3 Å². The number of benzene rings is 1. The minimum absolute atomic E-state index is 0.0282. The van der Waals surface area contributed by atoms with Crippen molar-refractivity contribution in [2.45, 2.75) is 20.0 Å². The molecule has 0 aliphatic carbocycles. The van der Waals surface area contributed by atoms with Crippen LogP contribution >= 0.6 is 15.9 Å². The van der Waals surface area contributed by atoms with Gasteiger partial charge < -0.3 is 9.47 Å². The highest BCUT2D eigenvalue weighted by Gasteiger charge is 2.12. The van der Waals surface area contributed by atoms with Crippen LogP contribution in [0.4, 0.5) is 0 Å². The molecule has 0 bridgehead atoms. The molecule has 0 unspecified atom stereocenters. The lowest BCUT2D eigenvalue weighted by Gasteiger charge is -2.19. The Morgan fingerprint density at radius 2 is 1.75 bits per heavy atom. The predicted molar refractivity (Wildman–Crippen MR) is 69.5 cm³/mol. The summed E-state index contributed by atoms with van der Waals surface area (Å²) in [6, 6.07) is 8.18. The van der Waals surface area contributed by atoms with E-state index in [1.54, 1.807) is 7.11 Å². The van der Waals surface area contributed by atoms with Crippen LogP contribution in [0.5, 0.6) is 0 Å². The summed E-state index contributed by atoms with van der Waals surface area (Å²) in [4.78, 5) is 0. The molecule has 0 spiro atoms. The van der Waals surface area contributed by atoms with Gasteiger partial charge in [-0.15, -0.1) is 0 Å². The topological polar surface area (TPSA) is 18.5 Å². The normalized spacial score (nSPS) is 13.1. The van der Waals surface area contributed by atoms with E-state index in [9.17, 15) is 0 Å². The van der Waals surface area contributed by atoms with Crippen LogP contribution in [0.2, 0.25) is 0 Å². The Hall–Kier alpha value is -0.380. The summed E-state index contributed by atoms with van der Waals surface area (Å²) in [6.07, 6.45) is 0.0282. The van der Waals surface area contributed by atoms with Gasteiger partial charge in [0.15, 0.2) is 0 Å². The van der Waals surface area contributed by atoms with Crippen LogP contribution in [0.3, 0.4) is 0 Å². The summed E-state index contributed by atoms with van der Waals surface area (Å²) >= 11 is 3.42. The molecule has 0 radical (unpaired) electrons. The molecular weight excluding hydrogens is 268 g/mol. The largest absolute Gasteiger partial charge is 0.382 e. The second-order valence-electron chi connectivity index (χ2n) is 4.22. The first-order valence-electron chi connectivity index (χ1n) is 5.49. The Labute approximate surface area is 106 Å². The van der Waals surface area contributed by atoms with Crippen molar-refractivity contribution in [2.75, 3.05) is 20.3 Å². The molecule has 3 heteroatoms. The lowest BCUT2D eigenvalue weighted by Crippen LogP contribution is -2.14. The zero-order chi connectivity index (χ0) is 12.0. The number of rotatable bonds is 6. The van der Waals surface area contributed by atoms with Crippen molar-refractivity contribution in [3.63, 3.8) is 0 Å². The minimum Gasteiger partial charge on any atom is -0.382 e. The van der Waals surface area contributed by atoms with Crippen LogP contribution in [0.1, 0.15) is 25.5 Å². The van der Waals surface area contributed by atoms with E-state index in [2.05, 4.69) is 41.9 Å². The van der Waals surface area contributed by atoms with Gasteiger partial charge in [0.1, 0.15) is 6.10 Å². The van der Waals surface area contributed by atoms with E-state index in [-0.39, 0.29) is 6.10 Å². The molecule has 0 fully saturated rings. The molecular formula is C13H19BrO2. The van der Waals surface area contributed by atoms with Gasteiger partial charge in [-0.3, -0.25) is 0 Å². The highest BCUT2D eigenvalue weighted by molar-refractivity contribution is 9.10. The molecule has 0 saturated carbocycles. The Morgan fingerprint density at radius 3 is 2.25 bits per heavy atom. The molecule has 0 saturated heterocycles. The molecule has 16 heavy (non-hydrogen) atoms. The van der Waals surface area contributed by atoms with Crippen molar-refractivity contribution in [3.8, 4) is 0 Å². The standard InChI is InChI=1S/C13H19BrO2/c1-10(2)8-16-13(9-15-3)11-4-6-12(14)7-5-11/h4-7,10,13H,8-9H2,1-3H3/t13-/m0/s1. The highest BCUT2D eigenvalue weighted by atomic mass is 79.9. The summed E-state index contributed by atoms with van der Waals surface area (Å²) in [5, 5.41) is 0. The van der Waals surface area contributed by atoms with Crippen molar-refractivity contribution < 1.29 is 9.47 Å². The van der Waals surface area contributed by atoms with E-state index in [1.807, 2.05) is 12.1 Å². The molecule has 0 aliphatic heterocycles. The first-order valence-corrected chi connectivity index (χ1v) is 6.28. The number of ether oxygens (including phenoxy) is 2. The van der Waals surface area contributed by atoms with Gasteiger partial charge in [0.2, 0.25) is 0 Å². The smallest absolute Gasteiger partial charge is 0.106 e. The van der Waals surface area contributed by atoms with Gasteiger partial charge in [0, 0.05) is 18.2 Å². The summed E-state index contributed by atoms with van der Waals surface area (Å²) in [7, 11) is 1.70. The SMILES string of the molecule is COC[C@H](OCC(C)C)c1ccc(Br)cc1. The number of hydrogen-bond acceptors (Lipinski definition) is 2. The van der Waals surface area contributed by atoms with Crippen LogP contribution in [-0.4, -0.2) is 20.3 Å². The predicted octanol–water partition coefficient (Wildman–Crippen LogP) is 3.81. The third-order valence-corrected chi connectivity index (χ3v) is 2.72. The molecule has 0 aliphatic rings. The first kappa shape index (κ1) is 13.7. The van der Waals surface area contributed by atoms with Crippen molar-refractivity contribution in [1.82, 2.24) is 0 Å². The Bertz CT molecular complexity index is 295. The highest BCUT2D eigenvalue weighted by Crippen LogP contribution is 2.21. The molecule has 0 amide bonds. The maximum absolute atomic E-state index is 5.83. The zero-order valence-corrected chi connectivity index (χ0v) is 11.7.